The molecule has 2 rings (SSSR count). The molecule has 92 valence electrons. The highest BCUT2D eigenvalue weighted by molar-refractivity contribution is 6.32. The SMILES string of the molecule is O=C(O)c1cccc(Cl)c1OC1CCCOC1. The van der Waals surface area contributed by atoms with E-state index >= 15 is 0 Å². The van der Waals surface area contributed by atoms with Crippen LogP contribution in [0.15, 0.2) is 18.2 Å². The van der Waals surface area contributed by atoms with E-state index in [0.29, 0.717) is 11.6 Å². The number of hydrogen-bond donors (Lipinski definition) is 1. The van der Waals surface area contributed by atoms with E-state index < -0.39 is 5.97 Å². The third-order valence-corrected chi connectivity index (χ3v) is 2.90. The second-order valence-electron chi connectivity index (χ2n) is 3.88. The summed E-state index contributed by atoms with van der Waals surface area (Å²) in [5.74, 6) is -0.809. The first kappa shape index (κ1) is 12.2. The highest BCUT2D eigenvalue weighted by Gasteiger charge is 2.21. The van der Waals surface area contributed by atoms with Crippen LogP contribution in [0, 0.1) is 0 Å². The van der Waals surface area contributed by atoms with Gasteiger partial charge in [-0.15, -0.1) is 0 Å². The minimum atomic E-state index is -1.04. The van der Waals surface area contributed by atoms with Gasteiger partial charge in [-0.25, -0.2) is 4.79 Å². The molecule has 0 aromatic heterocycles. The molecule has 1 aliphatic heterocycles. The number of para-hydroxylation sites is 1. The second-order valence-corrected chi connectivity index (χ2v) is 4.29. The molecular weight excluding hydrogens is 244 g/mol. The maximum atomic E-state index is 11.0. The van der Waals surface area contributed by atoms with Crippen molar-refractivity contribution in [1.29, 1.82) is 0 Å². The second kappa shape index (κ2) is 5.38. The number of ether oxygens (including phenoxy) is 2. The molecule has 1 N–H and O–H groups in total. The normalized spacial score (nSPS) is 19.9. The summed E-state index contributed by atoms with van der Waals surface area (Å²) >= 11 is 5.96. The van der Waals surface area contributed by atoms with Gasteiger partial charge in [-0.2, -0.15) is 0 Å². The van der Waals surface area contributed by atoms with Crippen LogP contribution < -0.4 is 4.74 Å². The Morgan fingerprint density at radius 1 is 1.53 bits per heavy atom. The predicted molar refractivity (Wildman–Crippen MR) is 62.9 cm³/mol. The van der Waals surface area contributed by atoms with Gasteiger partial charge in [-0.05, 0) is 25.0 Å². The number of carboxylic acids is 1. The van der Waals surface area contributed by atoms with E-state index in [1.165, 1.54) is 6.07 Å². The number of carbonyl (C=O) groups is 1. The van der Waals surface area contributed by atoms with E-state index in [1.807, 2.05) is 0 Å². The number of halogens is 1. The lowest BCUT2D eigenvalue weighted by Crippen LogP contribution is -2.28. The van der Waals surface area contributed by atoms with Gasteiger partial charge in [-0.1, -0.05) is 17.7 Å². The number of benzene rings is 1. The van der Waals surface area contributed by atoms with Gasteiger partial charge in [0.2, 0.25) is 0 Å². The summed E-state index contributed by atoms with van der Waals surface area (Å²) in [6.07, 6.45) is 1.64. The van der Waals surface area contributed by atoms with Crippen LogP contribution in [0.5, 0.6) is 5.75 Å². The first-order valence-electron chi connectivity index (χ1n) is 5.44. The molecule has 0 amide bonds. The molecule has 1 unspecified atom stereocenters. The molecule has 0 radical (unpaired) electrons. The van der Waals surface area contributed by atoms with Gasteiger partial charge in [0.05, 0.1) is 11.6 Å². The van der Waals surface area contributed by atoms with Gasteiger partial charge in [0.25, 0.3) is 0 Å². The van der Waals surface area contributed by atoms with Gasteiger partial charge in [0.15, 0.2) is 5.75 Å². The molecule has 1 fully saturated rings. The fraction of sp³-hybridized carbons (Fsp3) is 0.417. The van der Waals surface area contributed by atoms with Gasteiger partial charge in [-0.3, -0.25) is 0 Å². The van der Waals surface area contributed by atoms with Crippen LogP contribution in [-0.4, -0.2) is 30.4 Å². The van der Waals surface area contributed by atoms with E-state index in [1.54, 1.807) is 12.1 Å². The van der Waals surface area contributed by atoms with Crippen molar-refractivity contribution >= 4 is 17.6 Å². The first-order chi connectivity index (χ1) is 8.18. The Morgan fingerprint density at radius 3 is 3.00 bits per heavy atom. The third kappa shape index (κ3) is 2.90. The first-order valence-corrected chi connectivity index (χ1v) is 5.82. The lowest BCUT2D eigenvalue weighted by Gasteiger charge is -2.24. The summed E-state index contributed by atoms with van der Waals surface area (Å²) in [5.41, 5.74) is 0.0862. The highest BCUT2D eigenvalue weighted by Crippen LogP contribution is 2.30. The van der Waals surface area contributed by atoms with Crippen LogP contribution in [0.1, 0.15) is 23.2 Å². The van der Waals surface area contributed by atoms with E-state index in [2.05, 4.69) is 0 Å². The average molecular weight is 257 g/mol. The van der Waals surface area contributed by atoms with Crippen LogP contribution in [0.3, 0.4) is 0 Å². The Morgan fingerprint density at radius 2 is 2.35 bits per heavy atom. The van der Waals surface area contributed by atoms with Crippen molar-refractivity contribution in [3.05, 3.63) is 28.8 Å². The fourth-order valence-electron chi connectivity index (χ4n) is 1.77. The number of hydrogen-bond acceptors (Lipinski definition) is 3. The summed E-state index contributed by atoms with van der Waals surface area (Å²) in [6, 6.07) is 4.69. The molecule has 1 aromatic carbocycles. The smallest absolute Gasteiger partial charge is 0.339 e. The largest absolute Gasteiger partial charge is 0.486 e. The molecule has 0 bridgehead atoms. The van der Waals surface area contributed by atoms with E-state index in [9.17, 15) is 4.79 Å². The van der Waals surface area contributed by atoms with Crippen molar-refractivity contribution in [1.82, 2.24) is 0 Å². The van der Waals surface area contributed by atoms with Crippen molar-refractivity contribution < 1.29 is 19.4 Å². The van der Waals surface area contributed by atoms with Crippen LogP contribution in [0.2, 0.25) is 5.02 Å². The quantitative estimate of drug-likeness (QED) is 0.903. The number of carboxylic acid groups (broad SMARTS) is 1. The molecule has 1 atom stereocenters. The number of rotatable bonds is 3. The zero-order chi connectivity index (χ0) is 12.3. The average Bonchev–Trinajstić information content (AvgIpc) is 2.33. The fourth-order valence-corrected chi connectivity index (χ4v) is 1.99. The monoisotopic (exact) mass is 256 g/mol. The molecule has 17 heavy (non-hydrogen) atoms. The molecule has 1 aliphatic rings. The molecule has 1 aromatic rings. The summed E-state index contributed by atoms with van der Waals surface area (Å²) < 4.78 is 10.9. The Bertz CT molecular complexity index is 413. The predicted octanol–water partition coefficient (Wildman–Crippen LogP) is 2.60. The third-order valence-electron chi connectivity index (χ3n) is 2.60. The maximum Gasteiger partial charge on any atom is 0.339 e. The Labute approximate surface area is 104 Å². The van der Waals surface area contributed by atoms with Crippen molar-refractivity contribution in [3.63, 3.8) is 0 Å². The van der Waals surface area contributed by atoms with E-state index in [4.69, 9.17) is 26.2 Å². The molecule has 4 nitrogen and oxygen atoms in total. The highest BCUT2D eigenvalue weighted by atomic mass is 35.5. The summed E-state index contributed by atoms with van der Waals surface area (Å²) in [6.45, 7) is 1.21. The summed E-state index contributed by atoms with van der Waals surface area (Å²) in [7, 11) is 0. The Hall–Kier alpha value is -1.26. The molecule has 0 saturated carbocycles. The van der Waals surface area contributed by atoms with Gasteiger partial charge < -0.3 is 14.6 Å². The Balaban J connectivity index is 2.21. The van der Waals surface area contributed by atoms with Crippen LogP contribution >= 0.6 is 11.6 Å². The zero-order valence-electron chi connectivity index (χ0n) is 9.19. The zero-order valence-corrected chi connectivity index (χ0v) is 9.94. The van der Waals surface area contributed by atoms with Crippen molar-refractivity contribution in [3.8, 4) is 5.75 Å². The molecule has 1 saturated heterocycles. The van der Waals surface area contributed by atoms with E-state index in [0.717, 1.165) is 19.4 Å². The van der Waals surface area contributed by atoms with Gasteiger partial charge in [0, 0.05) is 6.61 Å². The Kier molecular flexibility index (Phi) is 3.86. The molecular formula is C12H13ClO4. The maximum absolute atomic E-state index is 11.0. The van der Waals surface area contributed by atoms with Gasteiger partial charge in [0.1, 0.15) is 11.7 Å². The molecule has 0 aliphatic carbocycles. The lowest BCUT2D eigenvalue weighted by atomic mass is 10.1. The van der Waals surface area contributed by atoms with Crippen LogP contribution in [0.25, 0.3) is 0 Å². The minimum Gasteiger partial charge on any atom is -0.486 e. The van der Waals surface area contributed by atoms with Crippen LogP contribution in [-0.2, 0) is 4.74 Å². The summed E-state index contributed by atoms with van der Waals surface area (Å²) in [4.78, 5) is 11.0. The number of aromatic carboxylic acids is 1. The molecule has 0 spiro atoms. The van der Waals surface area contributed by atoms with Gasteiger partial charge >= 0.3 is 5.97 Å². The van der Waals surface area contributed by atoms with E-state index in [-0.39, 0.29) is 17.4 Å². The lowest BCUT2D eigenvalue weighted by molar-refractivity contribution is 0.00683. The molecule has 5 heteroatoms. The topological polar surface area (TPSA) is 55.8 Å². The van der Waals surface area contributed by atoms with Crippen molar-refractivity contribution in [2.24, 2.45) is 0 Å². The van der Waals surface area contributed by atoms with Crippen LogP contribution in [0.4, 0.5) is 0 Å². The summed E-state index contributed by atoms with van der Waals surface area (Å²) in [5, 5.41) is 9.36. The van der Waals surface area contributed by atoms with Crippen molar-refractivity contribution in [2.75, 3.05) is 13.2 Å². The minimum absolute atomic E-state index is 0.0862. The molecule has 1 heterocycles. The standard InChI is InChI=1S/C12H13ClO4/c13-10-5-1-4-9(12(14)15)11(10)17-8-3-2-6-16-7-8/h1,4-5,8H,2-3,6-7H2,(H,14,15). The van der Waals surface area contributed by atoms with Crippen molar-refractivity contribution in [2.45, 2.75) is 18.9 Å².